The van der Waals surface area contributed by atoms with Crippen molar-refractivity contribution >= 4 is 13.3 Å². The van der Waals surface area contributed by atoms with Crippen LogP contribution in [0.1, 0.15) is 64.4 Å². The van der Waals surface area contributed by atoms with Crippen LogP contribution in [0.2, 0.25) is 0 Å². The monoisotopic (exact) mass is 325 g/mol. The Hall–Kier alpha value is -0.830. The molecule has 2 rings (SSSR count). The zero-order chi connectivity index (χ0) is 16.4. The molecule has 124 valence electrons. The Balaban J connectivity index is 2.19. The molecule has 4 nitrogen and oxygen atoms in total. The molecular weight excluding hydrogens is 297 g/mol. The van der Waals surface area contributed by atoms with Gasteiger partial charge in [0.2, 0.25) is 0 Å². The van der Waals surface area contributed by atoms with Crippen LogP contribution in [0.5, 0.6) is 0 Å². The minimum atomic E-state index is -4.22. The Morgan fingerprint density at radius 2 is 1.77 bits per heavy atom. The Morgan fingerprint density at radius 3 is 2.18 bits per heavy atom. The molecule has 0 atom stereocenters. The van der Waals surface area contributed by atoms with Crippen molar-refractivity contribution in [2.24, 2.45) is 5.92 Å². The van der Waals surface area contributed by atoms with E-state index < -0.39 is 12.9 Å². The Morgan fingerprint density at radius 1 is 1.23 bits per heavy atom. The number of benzene rings is 1. The van der Waals surface area contributed by atoms with Crippen LogP contribution in [0, 0.1) is 5.92 Å². The minimum Gasteiger partial charge on any atom is -0.369 e. The van der Waals surface area contributed by atoms with Gasteiger partial charge in [-0.1, -0.05) is 39.3 Å². The lowest BCUT2D eigenvalue weighted by atomic mass is 9.84. The van der Waals surface area contributed by atoms with Crippen LogP contribution < -0.4 is 5.32 Å². The van der Waals surface area contributed by atoms with E-state index in [1.54, 1.807) is 0 Å². The van der Waals surface area contributed by atoms with Gasteiger partial charge < -0.3 is 15.1 Å². The van der Waals surface area contributed by atoms with E-state index in [1.807, 2.05) is 24.3 Å². The SMILES string of the molecule is CCC1CCC(Nc2ccc(C(C)C)cc2)(P(=O)(O)O)CC1. The maximum absolute atomic E-state index is 12.1. The summed E-state index contributed by atoms with van der Waals surface area (Å²) in [5.41, 5.74) is 2.02. The second-order valence-corrected chi connectivity index (χ2v) is 8.77. The van der Waals surface area contributed by atoms with Crippen LogP contribution in [0.3, 0.4) is 0 Å². The summed E-state index contributed by atoms with van der Waals surface area (Å²) >= 11 is 0. The molecule has 22 heavy (non-hydrogen) atoms. The van der Waals surface area contributed by atoms with Gasteiger partial charge in [-0.25, -0.2) is 0 Å². The highest BCUT2D eigenvalue weighted by Gasteiger charge is 2.48. The smallest absolute Gasteiger partial charge is 0.350 e. The standard InChI is InChI=1S/C17H28NO3P/c1-4-14-9-11-17(12-10-14,22(19,20)21)18-16-7-5-15(6-8-16)13(2)3/h5-8,13-14,18H,4,9-12H2,1-3H3,(H2,19,20,21). The van der Waals surface area contributed by atoms with Gasteiger partial charge in [0.15, 0.2) is 0 Å². The molecule has 0 aromatic heterocycles. The highest BCUT2D eigenvalue weighted by atomic mass is 31.2. The number of hydrogen-bond acceptors (Lipinski definition) is 2. The van der Waals surface area contributed by atoms with E-state index in [2.05, 4.69) is 26.1 Å². The minimum absolute atomic E-state index is 0.449. The van der Waals surface area contributed by atoms with E-state index in [4.69, 9.17) is 0 Å². The maximum Gasteiger partial charge on any atom is 0.350 e. The molecule has 0 bridgehead atoms. The van der Waals surface area contributed by atoms with Gasteiger partial charge in [0.05, 0.1) is 0 Å². The third-order valence-corrected chi connectivity index (χ3v) is 6.70. The number of rotatable bonds is 5. The summed E-state index contributed by atoms with van der Waals surface area (Å²) in [6.45, 7) is 6.41. The van der Waals surface area contributed by atoms with Crippen molar-refractivity contribution < 1.29 is 14.4 Å². The molecule has 1 fully saturated rings. The molecule has 5 heteroatoms. The number of anilines is 1. The fourth-order valence-corrected chi connectivity index (χ4v) is 4.39. The Bertz CT molecular complexity index is 527. The van der Waals surface area contributed by atoms with E-state index in [0.717, 1.165) is 24.9 Å². The Labute approximate surface area is 133 Å². The fraction of sp³-hybridized carbons (Fsp3) is 0.647. The Kier molecular flexibility index (Phi) is 5.37. The average Bonchev–Trinajstić information content (AvgIpc) is 2.47. The third-order valence-electron chi connectivity index (χ3n) is 5.02. The zero-order valence-corrected chi connectivity index (χ0v) is 14.6. The van der Waals surface area contributed by atoms with Gasteiger partial charge in [-0.05, 0) is 55.2 Å². The summed E-state index contributed by atoms with van der Waals surface area (Å²) in [6.07, 6.45) is 3.89. The normalized spacial score (nSPS) is 26.2. The molecule has 0 heterocycles. The van der Waals surface area contributed by atoms with E-state index >= 15 is 0 Å². The van der Waals surface area contributed by atoms with E-state index in [9.17, 15) is 14.4 Å². The summed E-state index contributed by atoms with van der Waals surface area (Å²) in [4.78, 5) is 19.8. The van der Waals surface area contributed by atoms with Crippen molar-refractivity contribution in [2.45, 2.75) is 64.1 Å². The molecule has 1 aliphatic carbocycles. The molecule has 3 N–H and O–H groups in total. The zero-order valence-electron chi connectivity index (χ0n) is 13.7. The van der Waals surface area contributed by atoms with Gasteiger partial charge in [-0.2, -0.15) is 0 Å². The summed E-state index contributed by atoms with van der Waals surface area (Å²) in [7, 11) is -4.22. The summed E-state index contributed by atoms with van der Waals surface area (Å²) in [6, 6.07) is 7.91. The fourth-order valence-electron chi connectivity index (χ4n) is 3.27. The molecular formula is C17H28NO3P. The predicted molar refractivity (Wildman–Crippen MR) is 91.2 cm³/mol. The topological polar surface area (TPSA) is 69.6 Å². The lowest BCUT2D eigenvalue weighted by Gasteiger charge is -2.41. The van der Waals surface area contributed by atoms with E-state index in [-0.39, 0.29) is 0 Å². The lowest BCUT2D eigenvalue weighted by molar-refractivity contribution is 0.254. The molecule has 1 aromatic rings. The number of nitrogens with one attached hydrogen (secondary N) is 1. The highest BCUT2D eigenvalue weighted by molar-refractivity contribution is 7.53. The molecule has 1 saturated carbocycles. The molecule has 0 unspecified atom stereocenters. The van der Waals surface area contributed by atoms with Crippen molar-refractivity contribution in [1.82, 2.24) is 0 Å². The van der Waals surface area contributed by atoms with Gasteiger partial charge in [-0.15, -0.1) is 0 Å². The first-order valence-corrected chi connectivity index (χ1v) is 9.82. The van der Waals surface area contributed by atoms with Crippen molar-refractivity contribution in [2.75, 3.05) is 5.32 Å². The van der Waals surface area contributed by atoms with Crippen molar-refractivity contribution in [3.63, 3.8) is 0 Å². The number of hydrogen-bond donors (Lipinski definition) is 3. The predicted octanol–water partition coefficient (Wildman–Crippen LogP) is 4.70. The van der Waals surface area contributed by atoms with E-state index in [0.29, 0.717) is 24.7 Å². The molecule has 0 aliphatic heterocycles. The molecule has 0 amide bonds. The van der Waals surface area contributed by atoms with Crippen LogP contribution in [-0.2, 0) is 4.57 Å². The van der Waals surface area contributed by atoms with Gasteiger partial charge in [-0.3, -0.25) is 4.57 Å². The summed E-state index contributed by atoms with van der Waals surface area (Å²) in [5.74, 6) is 1.04. The van der Waals surface area contributed by atoms with Gasteiger partial charge in [0.25, 0.3) is 0 Å². The molecule has 1 aromatic carbocycles. The average molecular weight is 325 g/mol. The first kappa shape index (κ1) is 17.5. The van der Waals surface area contributed by atoms with Crippen LogP contribution in [0.4, 0.5) is 5.69 Å². The lowest BCUT2D eigenvalue weighted by Crippen LogP contribution is -2.41. The highest BCUT2D eigenvalue weighted by Crippen LogP contribution is 2.58. The molecule has 0 spiro atoms. The van der Waals surface area contributed by atoms with Crippen LogP contribution >= 0.6 is 7.60 Å². The van der Waals surface area contributed by atoms with E-state index in [1.165, 1.54) is 5.56 Å². The molecule has 0 radical (unpaired) electrons. The first-order chi connectivity index (χ1) is 10.3. The first-order valence-electron chi connectivity index (χ1n) is 8.21. The van der Waals surface area contributed by atoms with Crippen LogP contribution in [-0.4, -0.2) is 15.1 Å². The van der Waals surface area contributed by atoms with Crippen molar-refractivity contribution in [3.8, 4) is 0 Å². The third kappa shape index (κ3) is 3.73. The largest absolute Gasteiger partial charge is 0.369 e. The second-order valence-electron chi connectivity index (χ2n) is 6.83. The van der Waals surface area contributed by atoms with Crippen LogP contribution in [0.15, 0.2) is 24.3 Å². The van der Waals surface area contributed by atoms with Gasteiger partial charge >= 0.3 is 7.60 Å². The second kappa shape index (κ2) is 6.74. The van der Waals surface area contributed by atoms with Gasteiger partial charge in [0.1, 0.15) is 5.28 Å². The van der Waals surface area contributed by atoms with Gasteiger partial charge in [0, 0.05) is 5.69 Å². The van der Waals surface area contributed by atoms with Crippen molar-refractivity contribution in [1.29, 1.82) is 0 Å². The quantitative estimate of drug-likeness (QED) is 0.687. The maximum atomic E-state index is 12.1. The molecule has 0 saturated heterocycles. The summed E-state index contributed by atoms with van der Waals surface area (Å²) < 4.78 is 12.1. The molecule has 1 aliphatic rings. The van der Waals surface area contributed by atoms with Crippen molar-refractivity contribution in [3.05, 3.63) is 29.8 Å². The van der Waals surface area contributed by atoms with Crippen LogP contribution in [0.25, 0.3) is 0 Å². The summed E-state index contributed by atoms with van der Waals surface area (Å²) in [5, 5.41) is 2.08.